The molecule has 4 nitrogen and oxygen atoms in total. The van der Waals surface area contributed by atoms with E-state index in [0.717, 1.165) is 9.79 Å². The fraction of sp³-hybridized carbons (Fsp3) is 0.176. The number of anilines is 1. The van der Waals surface area contributed by atoms with Gasteiger partial charge in [-0.3, -0.25) is 4.79 Å². The van der Waals surface area contributed by atoms with Crippen molar-refractivity contribution < 1.29 is 14.3 Å². The monoisotopic (exact) mass is 379 g/mol. The van der Waals surface area contributed by atoms with E-state index in [1.54, 1.807) is 23.9 Å². The zero-order valence-electron chi connectivity index (χ0n) is 12.6. The Balaban J connectivity index is 1.51. The van der Waals surface area contributed by atoms with Gasteiger partial charge < -0.3 is 10.1 Å². The SMILES string of the molecule is O=C1CSc2ccc(C(=O)OCCSc3ccc(Cl)cc3)cc2N1. The number of fused-ring (bicyclic) bond motifs is 1. The van der Waals surface area contributed by atoms with Crippen molar-refractivity contribution in [2.24, 2.45) is 0 Å². The first-order chi connectivity index (χ1) is 11.6. The fourth-order valence-electron chi connectivity index (χ4n) is 2.12. The second-order valence-electron chi connectivity index (χ2n) is 4.99. The molecule has 0 fully saturated rings. The third-order valence-corrected chi connectivity index (χ3v) is 5.55. The largest absolute Gasteiger partial charge is 0.461 e. The van der Waals surface area contributed by atoms with E-state index in [0.29, 0.717) is 34.4 Å². The smallest absolute Gasteiger partial charge is 0.338 e. The molecule has 2 aromatic rings. The standard InChI is InChI=1S/C17H14ClNO3S2/c18-12-2-4-13(5-3-12)23-8-7-22-17(21)11-1-6-15-14(9-11)19-16(20)10-24-15/h1-6,9H,7-8,10H2,(H,19,20). The summed E-state index contributed by atoms with van der Waals surface area (Å²) in [6.45, 7) is 0.310. The molecule has 0 bridgehead atoms. The number of amides is 1. The molecule has 0 saturated carbocycles. The Morgan fingerprint density at radius 2 is 2.04 bits per heavy atom. The molecule has 0 atom stereocenters. The average molecular weight is 380 g/mol. The lowest BCUT2D eigenvalue weighted by Crippen LogP contribution is -2.19. The van der Waals surface area contributed by atoms with Crippen molar-refractivity contribution in [2.45, 2.75) is 9.79 Å². The Bertz CT molecular complexity index is 765. The Labute approximate surface area is 153 Å². The van der Waals surface area contributed by atoms with Gasteiger partial charge >= 0.3 is 5.97 Å². The maximum atomic E-state index is 12.1. The number of thioether (sulfide) groups is 2. The Morgan fingerprint density at radius 3 is 2.83 bits per heavy atom. The first-order valence-electron chi connectivity index (χ1n) is 7.24. The molecule has 0 aliphatic carbocycles. The van der Waals surface area contributed by atoms with Crippen LogP contribution in [0.1, 0.15) is 10.4 Å². The minimum Gasteiger partial charge on any atom is -0.461 e. The van der Waals surface area contributed by atoms with Crippen LogP contribution in [0.15, 0.2) is 52.3 Å². The average Bonchev–Trinajstić information content (AvgIpc) is 2.59. The number of hydrogen-bond acceptors (Lipinski definition) is 5. The molecular weight excluding hydrogens is 366 g/mol. The van der Waals surface area contributed by atoms with Crippen LogP contribution in [0, 0.1) is 0 Å². The van der Waals surface area contributed by atoms with E-state index in [9.17, 15) is 9.59 Å². The first-order valence-corrected chi connectivity index (χ1v) is 9.59. The van der Waals surface area contributed by atoms with Gasteiger partial charge in [0.1, 0.15) is 6.61 Å². The van der Waals surface area contributed by atoms with E-state index in [1.807, 2.05) is 30.3 Å². The number of benzene rings is 2. The Hall–Kier alpha value is -1.63. The molecule has 1 aliphatic rings. The zero-order chi connectivity index (χ0) is 16.9. The lowest BCUT2D eigenvalue weighted by Gasteiger charge is -2.16. The van der Waals surface area contributed by atoms with Gasteiger partial charge in [0, 0.05) is 20.6 Å². The lowest BCUT2D eigenvalue weighted by molar-refractivity contribution is -0.113. The highest BCUT2D eigenvalue weighted by Gasteiger charge is 2.17. The minimum absolute atomic E-state index is 0.0580. The highest BCUT2D eigenvalue weighted by atomic mass is 35.5. The van der Waals surface area contributed by atoms with Crippen molar-refractivity contribution in [1.82, 2.24) is 0 Å². The van der Waals surface area contributed by atoms with Gasteiger partial charge in [0.25, 0.3) is 0 Å². The van der Waals surface area contributed by atoms with E-state index in [-0.39, 0.29) is 11.9 Å². The molecular formula is C17H14ClNO3S2. The summed E-state index contributed by atoms with van der Waals surface area (Å²) >= 11 is 8.89. The van der Waals surface area contributed by atoms with Crippen LogP contribution in [0.25, 0.3) is 0 Å². The molecule has 0 radical (unpaired) electrons. The molecule has 1 aliphatic heterocycles. The molecule has 7 heteroatoms. The van der Waals surface area contributed by atoms with Crippen molar-refractivity contribution in [2.75, 3.05) is 23.4 Å². The van der Waals surface area contributed by atoms with E-state index in [4.69, 9.17) is 16.3 Å². The van der Waals surface area contributed by atoms with Gasteiger partial charge in [0.05, 0.1) is 17.0 Å². The zero-order valence-corrected chi connectivity index (χ0v) is 15.0. The van der Waals surface area contributed by atoms with Gasteiger partial charge in [-0.25, -0.2) is 4.79 Å². The summed E-state index contributed by atoms with van der Waals surface area (Å²) in [6, 6.07) is 12.7. The minimum atomic E-state index is -0.390. The number of carbonyl (C=O) groups excluding carboxylic acids is 2. The molecule has 24 heavy (non-hydrogen) atoms. The van der Waals surface area contributed by atoms with Gasteiger partial charge in [-0.15, -0.1) is 23.5 Å². The summed E-state index contributed by atoms with van der Waals surface area (Å²) in [6.07, 6.45) is 0. The van der Waals surface area contributed by atoms with Gasteiger partial charge in [-0.05, 0) is 42.5 Å². The van der Waals surface area contributed by atoms with E-state index < -0.39 is 0 Å². The maximum absolute atomic E-state index is 12.1. The van der Waals surface area contributed by atoms with Crippen molar-refractivity contribution in [3.63, 3.8) is 0 Å². The summed E-state index contributed by atoms with van der Waals surface area (Å²) in [5.74, 6) is 0.612. The molecule has 2 aromatic carbocycles. The normalized spacial score (nSPS) is 13.1. The van der Waals surface area contributed by atoms with Crippen LogP contribution in [-0.2, 0) is 9.53 Å². The van der Waals surface area contributed by atoms with Gasteiger partial charge in [0.15, 0.2) is 0 Å². The summed E-state index contributed by atoms with van der Waals surface area (Å²) < 4.78 is 5.29. The second kappa shape index (κ2) is 7.96. The predicted octanol–water partition coefficient (Wildman–Crippen LogP) is 4.33. The predicted molar refractivity (Wildman–Crippen MR) is 98.3 cm³/mol. The topological polar surface area (TPSA) is 55.4 Å². The van der Waals surface area contributed by atoms with Crippen molar-refractivity contribution in [3.05, 3.63) is 53.1 Å². The summed E-state index contributed by atoms with van der Waals surface area (Å²) in [4.78, 5) is 25.5. The number of nitrogens with one attached hydrogen (secondary N) is 1. The fourth-order valence-corrected chi connectivity index (χ4v) is 3.76. The molecule has 0 aromatic heterocycles. The molecule has 0 saturated heterocycles. The molecule has 0 spiro atoms. The molecule has 3 rings (SSSR count). The van der Waals surface area contributed by atoms with E-state index >= 15 is 0 Å². The van der Waals surface area contributed by atoms with Crippen LogP contribution in [0.4, 0.5) is 5.69 Å². The van der Waals surface area contributed by atoms with Crippen LogP contribution in [0.2, 0.25) is 5.02 Å². The summed E-state index contributed by atoms with van der Waals surface area (Å²) in [5, 5.41) is 3.46. The summed E-state index contributed by atoms with van der Waals surface area (Å²) in [5.41, 5.74) is 1.11. The van der Waals surface area contributed by atoms with Gasteiger partial charge in [-0.1, -0.05) is 11.6 Å². The molecule has 0 unspecified atom stereocenters. The van der Waals surface area contributed by atoms with Crippen LogP contribution < -0.4 is 5.32 Å². The van der Waals surface area contributed by atoms with Crippen LogP contribution >= 0.6 is 35.1 Å². The van der Waals surface area contributed by atoms with Crippen molar-refractivity contribution in [1.29, 1.82) is 0 Å². The lowest BCUT2D eigenvalue weighted by atomic mass is 10.2. The quantitative estimate of drug-likeness (QED) is 0.476. The molecule has 1 N–H and O–H groups in total. The number of hydrogen-bond donors (Lipinski definition) is 1. The number of halogens is 1. The number of carbonyl (C=O) groups is 2. The highest BCUT2D eigenvalue weighted by Crippen LogP contribution is 2.32. The Morgan fingerprint density at radius 1 is 1.25 bits per heavy atom. The first kappa shape index (κ1) is 17.2. The van der Waals surface area contributed by atoms with E-state index in [2.05, 4.69) is 5.32 Å². The molecule has 1 heterocycles. The third-order valence-electron chi connectivity index (χ3n) is 3.25. The van der Waals surface area contributed by atoms with Crippen molar-refractivity contribution >= 4 is 52.7 Å². The highest BCUT2D eigenvalue weighted by molar-refractivity contribution is 8.00. The van der Waals surface area contributed by atoms with Crippen molar-refractivity contribution in [3.8, 4) is 0 Å². The second-order valence-corrected chi connectivity index (χ2v) is 7.61. The van der Waals surface area contributed by atoms with Gasteiger partial charge in [-0.2, -0.15) is 0 Å². The third kappa shape index (κ3) is 4.47. The maximum Gasteiger partial charge on any atom is 0.338 e. The molecule has 124 valence electrons. The summed E-state index contributed by atoms with van der Waals surface area (Å²) in [7, 11) is 0. The van der Waals surface area contributed by atoms with Gasteiger partial charge in [0.2, 0.25) is 5.91 Å². The number of ether oxygens (including phenoxy) is 1. The number of rotatable bonds is 5. The van der Waals surface area contributed by atoms with Crippen LogP contribution in [0.3, 0.4) is 0 Å². The van der Waals surface area contributed by atoms with Crippen LogP contribution in [-0.4, -0.2) is 30.0 Å². The van der Waals surface area contributed by atoms with Crippen LogP contribution in [0.5, 0.6) is 0 Å². The Kier molecular flexibility index (Phi) is 5.71. The number of esters is 1. The van der Waals surface area contributed by atoms with E-state index in [1.165, 1.54) is 11.8 Å². The molecule has 1 amide bonds.